The van der Waals surface area contributed by atoms with Gasteiger partial charge in [0.2, 0.25) is 5.28 Å². The third-order valence-electron chi connectivity index (χ3n) is 2.59. The minimum absolute atomic E-state index is 0.313. The predicted octanol–water partition coefficient (Wildman–Crippen LogP) is 3.82. The van der Waals surface area contributed by atoms with Gasteiger partial charge in [-0.2, -0.15) is 0 Å². The van der Waals surface area contributed by atoms with Gasteiger partial charge in [-0.1, -0.05) is 18.2 Å². The molecule has 17 heavy (non-hydrogen) atoms. The van der Waals surface area contributed by atoms with Gasteiger partial charge in [0.1, 0.15) is 5.82 Å². The predicted molar refractivity (Wildman–Crippen MR) is 66.0 cm³/mol. The quantitative estimate of drug-likeness (QED) is 0.638. The van der Waals surface area contributed by atoms with Gasteiger partial charge in [0.15, 0.2) is 0 Å². The Labute approximate surface area is 102 Å². The van der Waals surface area contributed by atoms with Gasteiger partial charge in [-0.05, 0) is 35.9 Å². The Hall–Kier alpha value is -1.87. The first-order chi connectivity index (χ1) is 8.25. The molecule has 0 amide bonds. The monoisotopic (exact) mass is 246 g/mol. The second-order valence-electron chi connectivity index (χ2n) is 3.68. The summed E-state index contributed by atoms with van der Waals surface area (Å²) in [5.74, 6) is -0.313. The number of nitrogens with zero attached hydrogens (tertiary/aromatic N) is 2. The normalized spacial score (nSPS) is 10.9. The number of benzene rings is 2. The molecule has 84 valence electrons. The van der Waals surface area contributed by atoms with E-state index in [0.717, 1.165) is 11.2 Å². The minimum Gasteiger partial charge on any atom is -0.283 e. The Balaban J connectivity index is 2.33. The largest absolute Gasteiger partial charge is 0.283 e. The Kier molecular flexibility index (Phi) is 2.34. The smallest absolute Gasteiger partial charge is 0.208 e. The van der Waals surface area contributed by atoms with Crippen LogP contribution in [0.4, 0.5) is 4.39 Å². The molecule has 0 atom stereocenters. The van der Waals surface area contributed by atoms with E-state index < -0.39 is 0 Å². The molecule has 0 aliphatic rings. The van der Waals surface area contributed by atoms with Crippen molar-refractivity contribution in [1.29, 1.82) is 0 Å². The van der Waals surface area contributed by atoms with Crippen molar-refractivity contribution in [2.24, 2.45) is 0 Å². The maximum Gasteiger partial charge on any atom is 0.208 e. The maximum absolute atomic E-state index is 13.1. The standard InChI is InChI=1S/C13H8ClFN2/c14-13-16-11-8-9(15)6-7-12(11)17(13)10-4-2-1-3-5-10/h1-8H. The van der Waals surface area contributed by atoms with E-state index in [0.29, 0.717) is 10.8 Å². The number of hydrogen-bond acceptors (Lipinski definition) is 1. The number of imidazole rings is 1. The van der Waals surface area contributed by atoms with Crippen molar-refractivity contribution in [1.82, 2.24) is 9.55 Å². The molecule has 4 heteroatoms. The lowest BCUT2D eigenvalue weighted by Crippen LogP contribution is -1.93. The van der Waals surface area contributed by atoms with E-state index in [1.54, 1.807) is 10.6 Å². The van der Waals surface area contributed by atoms with Crippen molar-refractivity contribution in [3.05, 3.63) is 59.6 Å². The molecule has 0 bridgehead atoms. The average molecular weight is 247 g/mol. The van der Waals surface area contributed by atoms with Crippen LogP contribution in [0, 0.1) is 5.82 Å². The van der Waals surface area contributed by atoms with Crippen molar-refractivity contribution in [3.63, 3.8) is 0 Å². The van der Waals surface area contributed by atoms with Crippen molar-refractivity contribution in [2.45, 2.75) is 0 Å². The van der Waals surface area contributed by atoms with Crippen molar-refractivity contribution < 1.29 is 4.39 Å². The first-order valence-corrected chi connectivity index (χ1v) is 5.52. The second-order valence-corrected chi connectivity index (χ2v) is 4.02. The SMILES string of the molecule is Fc1ccc2c(c1)nc(Cl)n2-c1ccccc1. The highest BCUT2D eigenvalue weighted by molar-refractivity contribution is 6.29. The van der Waals surface area contributed by atoms with E-state index in [2.05, 4.69) is 4.98 Å². The van der Waals surface area contributed by atoms with Crippen molar-refractivity contribution in [2.75, 3.05) is 0 Å². The Morgan fingerprint density at radius 1 is 1.06 bits per heavy atom. The van der Waals surface area contributed by atoms with Crippen LogP contribution < -0.4 is 0 Å². The lowest BCUT2D eigenvalue weighted by molar-refractivity contribution is 0.629. The fourth-order valence-corrected chi connectivity index (χ4v) is 2.13. The zero-order chi connectivity index (χ0) is 11.8. The summed E-state index contributed by atoms with van der Waals surface area (Å²) in [6, 6.07) is 14.1. The number of rotatable bonds is 1. The number of aromatic nitrogens is 2. The molecule has 0 aliphatic heterocycles. The second kappa shape index (κ2) is 3.86. The molecule has 2 nitrogen and oxygen atoms in total. The third kappa shape index (κ3) is 1.68. The molecular formula is C13H8ClFN2. The molecule has 0 saturated carbocycles. The number of fused-ring (bicyclic) bond motifs is 1. The Bertz CT molecular complexity index is 676. The maximum atomic E-state index is 13.1. The van der Waals surface area contributed by atoms with Gasteiger partial charge in [0.25, 0.3) is 0 Å². The highest BCUT2D eigenvalue weighted by Gasteiger charge is 2.10. The lowest BCUT2D eigenvalue weighted by Gasteiger charge is -2.04. The molecule has 1 aromatic heterocycles. The van der Waals surface area contributed by atoms with Crippen LogP contribution >= 0.6 is 11.6 Å². The van der Waals surface area contributed by atoms with E-state index >= 15 is 0 Å². The van der Waals surface area contributed by atoms with Gasteiger partial charge in [-0.25, -0.2) is 9.37 Å². The molecule has 3 rings (SSSR count). The molecule has 0 unspecified atom stereocenters. The third-order valence-corrected chi connectivity index (χ3v) is 2.84. The van der Waals surface area contributed by atoms with Crippen molar-refractivity contribution >= 4 is 22.6 Å². The summed E-state index contributed by atoms with van der Waals surface area (Å²) >= 11 is 6.08. The summed E-state index contributed by atoms with van der Waals surface area (Å²) in [6.07, 6.45) is 0. The molecule has 3 aromatic rings. The molecule has 1 heterocycles. The molecule has 0 fully saturated rings. The van der Waals surface area contributed by atoms with E-state index in [-0.39, 0.29) is 5.82 Å². The van der Waals surface area contributed by atoms with Crippen LogP contribution in [-0.2, 0) is 0 Å². The van der Waals surface area contributed by atoms with Crippen LogP contribution in [0.3, 0.4) is 0 Å². The molecule has 2 aromatic carbocycles. The van der Waals surface area contributed by atoms with Crippen LogP contribution in [0.1, 0.15) is 0 Å². The van der Waals surface area contributed by atoms with E-state index in [9.17, 15) is 4.39 Å². The fraction of sp³-hybridized carbons (Fsp3) is 0. The van der Waals surface area contributed by atoms with Crippen LogP contribution in [0.25, 0.3) is 16.7 Å². The first-order valence-electron chi connectivity index (χ1n) is 5.14. The average Bonchev–Trinajstić information content (AvgIpc) is 2.65. The first kappa shape index (κ1) is 10.3. The highest BCUT2D eigenvalue weighted by atomic mass is 35.5. The number of para-hydroxylation sites is 1. The molecule has 0 radical (unpaired) electrons. The summed E-state index contributed by atoms with van der Waals surface area (Å²) < 4.78 is 14.9. The van der Waals surface area contributed by atoms with Gasteiger partial charge in [0, 0.05) is 11.8 Å². The summed E-state index contributed by atoms with van der Waals surface area (Å²) in [7, 11) is 0. The van der Waals surface area contributed by atoms with Gasteiger partial charge in [0.05, 0.1) is 11.0 Å². The van der Waals surface area contributed by atoms with Crippen LogP contribution in [0.2, 0.25) is 5.28 Å². The number of halogens is 2. The summed E-state index contributed by atoms with van der Waals surface area (Å²) in [6.45, 7) is 0. The van der Waals surface area contributed by atoms with Crippen LogP contribution in [-0.4, -0.2) is 9.55 Å². The summed E-state index contributed by atoms with van der Waals surface area (Å²) in [4.78, 5) is 4.14. The van der Waals surface area contributed by atoms with Crippen LogP contribution in [0.5, 0.6) is 0 Å². The minimum atomic E-state index is -0.313. The zero-order valence-electron chi connectivity index (χ0n) is 8.77. The summed E-state index contributed by atoms with van der Waals surface area (Å²) in [5.41, 5.74) is 2.26. The molecular weight excluding hydrogens is 239 g/mol. The fourth-order valence-electron chi connectivity index (χ4n) is 1.85. The molecule has 0 N–H and O–H groups in total. The Morgan fingerprint density at radius 3 is 2.59 bits per heavy atom. The van der Waals surface area contributed by atoms with Gasteiger partial charge >= 0.3 is 0 Å². The Morgan fingerprint density at radius 2 is 1.82 bits per heavy atom. The lowest BCUT2D eigenvalue weighted by atomic mass is 10.3. The number of hydrogen-bond donors (Lipinski definition) is 0. The molecule has 0 aliphatic carbocycles. The van der Waals surface area contributed by atoms with E-state index in [1.807, 2.05) is 30.3 Å². The van der Waals surface area contributed by atoms with Gasteiger partial charge in [-0.3, -0.25) is 4.57 Å². The highest BCUT2D eigenvalue weighted by Crippen LogP contribution is 2.24. The summed E-state index contributed by atoms with van der Waals surface area (Å²) in [5, 5.41) is 0.330. The van der Waals surface area contributed by atoms with Crippen LogP contribution in [0.15, 0.2) is 48.5 Å². The molecule has 0 spiro atoms. The van der Waals surface area contributed by atoms with Gasteiger partial charge in [-0.15, -0.1) is 0 Å². The topological polar surface area (TPSA) is 17.8 Å². The van der Waals surface area contributed by atoms with Gasteiger partial charge < -0.3 is 0 Å². The van der Waals surface area contributed by atoms with E-state index in [4.69, 9.17) is 11.6 Å². The van der Waals surface area contributed by atoms with E-state index in [1.165, 1.54) is 12.1 Å². The zero-order valence-corrected chi connectivity index (χ0v) is 9.53. The molecule has 0 saturated heterocycles. The van der Waals surface area contributed by atoms with Crippen molar-refractivity contribution in [3.8, 4) is 5.69 Å².